The molecule has 2 heterocycles. The Morgan fingerprint density at radius 1 is 1.18 bits per heavy atom. The number of carbonyl (C=O) groups is 2. The molecule has 0 bridgehead atoms. The molecule has 0 radical (unpaired) electrons. The van der Waals surface area contributed by atoms with Crippen molar-refractivity contribution >= 4 is 29.1 Å². The van der Waals surface area contributed by atoms with E-state index in [1.54, 1.807) is 55.7 Å². The molecule has 34 heavy (non-hydrogen) atoms. The van der Waals surface area contributed by atoms with Gasteiger partial charge in [0.15, 0.2) is 0 Å². The highest BCUT2D eigenvalue weighted by Gasteiger charge is 2.46. The Bertz CT molecular complexity index is 1250. The lowest BCUT2D eigenvalue weighted by Gasteiger charge is -2.25. The van der Waals surface area contributed by atoms with Gasteiger partial charge in [-0.25, -0.2) is 4.39 Å². The monoisotopic (exact) mass is 480 g/mol. The summed E-state index contributed by atoms with van der Waals surface area (Å²) in [6, 6.07) is 13.2. The smallest absolute Gasteiger partial charge is 0.295 e. The van der Waals surface area contributed by atoms with Crippen LogP contribution in [0, 0.1) is 5.82 Å². The quantitative estimate of drug-likeness (QED) is 0.294. The number of nitrogens with zero attached hydrogens (tertiary/aromatic N) is 2. The average molecular weight is 481 g/mol. The number of aliphatic hydroxyl groups excluding tert-OH is 1. The third kappa shape index (κ3) is 4.65. The summed E-state index contributed by atoms with van der Waals surface area (Å²) in [5.41, 5.74) is 1.66. The van der Waals surface area contributed by atoms with Crippen LogP contribution in [0.4, 0.5) is 4.39 Å². The van der Waals surface area contributed by atoms with E-state index in [1.807, 2.05) is 0 Å². The van der Waals surface area contributed by atoms with Gasteiger partial charge in [0, 0.05) is 24.5 Å². The number of halogens is 2. The number of hydrogen-bond donors (Lipinski definition) is 1. The summed E-state index contributed by atoms with van der Waals surface area (Å²) >= 11 is 6.16. The van der Waals surface area contributed by atoms with Gasteiger partial charge in [0.2, 0.25) is 0 Å². The molecule has 1 saturated heterocycles. The topological polar surface area (TPSA) is 79.7 Å². The Kier molecular flexibility index (Phi) is 6.93. The van der Waals surface area contributed by atoms with Crippen LogP contribution in [-0.4, -0.2) is 39.8 Å². The van der Waals surface area contributed by atoms with Gasteiger partial charge in [0.1, 0.15) is 17.3 Å². The highest BCUT2D eigenvalue weighted by atomic mass is 35.5. The van der Waals surface area contributed by atoms with Crippen LogP contribution >= 0.6 is 11.6 Å². The van der Waals surface area contributed by atoms with E-state index >= 15 is 0 Å². The molecule has 0 aliphatic carbocycles. The van der Waals surface area contributed by atoms with E-state index < -0.39 is 17.7 Å². The second-order valence-corrected chi connectivity index (χ2v) is 8.14. The molecular formula is C26H22ClFN2O4. The van der Waals surface area contributed by atoms with E-state index in [0.29, 0.717) is 34.9 Å². The minimum atomic E-state index is -0.833. The first-order chi connectivity index (χ1) is 16.4. The minimum absolute atomic E-state index is 0.0399. The number of benzene rings is 2. The van der Waals surface area contributed by atoms with Crippen molar-refractivity contribution in [1.29, 1.82) is 0 Å². The summed E-state index contributed by atoms with van der Waals surface area (Å²) in [6.07, 6.45) is 3.55. The summed E-state index contributed by atoms with van der Waals surface area (Å²) in [4.78, 5) is 31.7. The molecule has 3 aromatic rings. The number of aliphatic hydroxyl groups is 1. The standard InChI is InChI=1S/C26H22ClFN2O4/c1-2-34-21-14-17(7-10-20(21)27)24(31)22-23(18-4-3-12-29-15-18)30(26(33)25(22)32)13-11-16-5-8-19(28)9-6-16/h3-10,12,14-15,23,31H,2,11,13H2,1H3/b24-22-. The highest BCUT2D eigenvalue weighted by molar-refractivity contribution is 6.46. The maximum Gasteiger partial charge on any atom is 0.295 e. The fourth-order valence-electron chi connectivity index (χ4n) is 3.97. The van der Waals surface area contributed by atoms with Crippen molar-refractivity contribution in [2.24, 2.45) is 0 Å². The summed E-state index contributed by atoms with van der Waals surface area (Å²) in [5, 5.41) is 11.5. The average Bonchev–Trinajstić information content (AvgIpc) is 3.10. The molecule has 1 aliphatic rings. The first kappa shape index (κ1) is 23.4. The molecule has 1 aliphatic heterocycles. The molecule has 0 spiro atoms. The number of pyridine rings is 1. The molecule has 8 heteroatoms. The number of rotatable bonds is 7. The first-order valence-electron chi connectivity index (χ1n) is 10.8. The Morgan fingerprint density at radius 2 is 1.94 bits per heavy atom. The van der Waals surface area contributed by atoms with Crippen LogP contribution in [0.25, 0.3) is 5.76 Å². The number of amides is 1. The molecule has 4 rings (SSSR count). The largest absolute Gasteiger partial charge is 0.507 e. The fourth-order valence-corrected chi connectivity index (χ4v) is 4.14. The Balaban J connectivity index is 1.76. The zero-order valence-electron chi connectivity index (χ0n) is 18.4. The summed E-state index contributed by atoms with van der Waals surface area (Å²) in [7, 11) is 0. The molecule has 1 unspecified atom stereocenters. The number of ketones is 1. The van der Waals surface area contributed by atoms with Crippen molar-refractivity contribution in [3.63, 3.8) is 0 Å². The lowest BCUT2D eigenvalue weighted by molar-refractivity contribution is -0.139. The van der Waals surface area contributed by atoms with Crippen molar-refractivity contribution in [2.75, 3.05) is 13.2 Å². The van der Waals surface area contributed by atoms with Gasteiger partial charge in [-0.15, -0.1) is 0 Å². The lowest BCUT2D eigenvalue weighted by Crippen LogP contribution is -2.31. The summed E-state index contributed by atoms with van der Waals surface area (Å²) in [6.45, 7) is 2.36. The second kappa shape index (κ2) is 10.1. The van der Waals surface area contributed by atoms with Crippen molar-refractivity contribution in [2.45, 2.75) is 19.4 Å². The Hall–Kier alpha value is -3.71. The maximum atomic E-state index is 13.3. The zero-order valence-corrected chi connectivity index (χ0v) is 19.1. The lowest BCUT2D eigenvalue weighted by atomic mass is 9.96. The van der Waals surface area contributed by atoms with Crippen LogP contribution in [0.2, 0.25) is 5.02 Å². The molecule has 2 aromatic carbocycles. The van der Waals surface area contributed by atoms with E-state index in [4.69, 9.17) is 16.3 Å². The predicted molar refractivity (Wildman–Crippen MR) is 126 cm³/mol. The molecule has 174 valence electrons. The van der Waals surface area contributed by atoms with Crippen LogP contribution in [0.1, 0.15) is 29.7 Å². The number of aromatic nitrogens is 1. The molecule has 6 nitrogen and oxygen atoms in total. The number of likely N-dealkylation sites (tertiary alicyclic amines) is 1. The van der Waals surface area contributed by atoms with Gasteiger partial charge >= 0.3 is 0 Å². The van der Waals surface area contributed by atoms with E-state index in [2.05, 4.69) is 4.98 Å². The number of carbonyl (C=O) groups excluding carboxylic acids is 2. The normalized spacial score (nSPS) is 17.3. The molecule has 1 amide bonds. The maximum absolute atomic E-state index is 13.3. The second-order valence-electron chi connectivity index (χ2n) is 7.73. The van der Waals surface area contributed by atoms with E-state index in [9.17, 15) is 19.1 Å². The van der Waals surface area contributed by atoms with Gasteiger partial charge in [-0.05, 0) is 60.9 Å². The van der Waals surface area contributed by atoms with E-state index in [1.165, 1.54) is 23.1 Å². The molecular weight excluding hydrogens is 459 g/mol. The molecule has 1 fully saturated rings. The summed E-state index contributed by atoms with van der Waals surface area (Å²) < 4.78 is 18.8. The van der Waals surface area contributed by atoms with Crippen LogP contribution in [0.5, 0.6) is 5.75 Å². The highest BCUT2D eigenvalue weighted by Crippen LogP contribution is 2.40. The van der Waals surface area contributed by atoms with Crippen LogP contribution in [0.3, 0.4) is 0 Å². The number of ether oxygens (including phenoxy) is 1. The Labute approximate surface area is 201 Å². The molecule has 0 saturated carbocycles. The third-order valence-electron chi connectivity index (χ3n) is 5.60. The van der Waals surface area contributed by atoms with Gasteiger partial charge in [-0.2, -0.15) is 0 Å². The van der Waals surface area contributed by atoms with Gasteiger partial charge in [-0.3, -0.25) is 14.6 Å². The molecule has 1 aromatic heterocycles. The molecule has 1 atom stereocenters. The first-order valence-corrected chi connectivity index (χ1v) is 11.1. The van der Waals surface area contributed by atoms with Crippen LogP contribution in [-0.2, 0) is 16.0 Å². The summed E-state index contributed by atoms with van der Waals surface area (Å²) in [5.74, 6) is -1.84. The SMILES string of the molecule is CCOc1cc(/C(O)=C2/C(=O)C(=O)N(CCc3ccc(F)cc3)C2c2cccnc2)ccc1Cl. The van der Waals surface area contributed by atoms with Gasteiger partial charge in [-0.1, -0.05) is 29.8 Å². The minimum Gasteiger partial charge on any atom is -0.507 e. The van der Waals surface area contributed by atoms with Crippen molar-refractivity contribution < 1.29 is 23.8 Å². The van der Waals surface area contributed by atoms with E-state index in [0.717, 1.165) is 5.56 Å². The number of Topliss-reactive ketones (excluding diaryl/α,β-unsaturated/α-hetero) is 1. The van der Waals surface area contributed by atoms with Crippen LogP contribution < -0.4 is 4.74 Å². The zero-order chi connectivity index (χ0) is 24.2. The van der Waals surface area contributed by atoms with Crippen molar-refractivity contribution in [3.05, 3.63) is 100 Å². The fraction of sp³-hybridized carbons (Fsp3) is 0.192. The Morgan fingerprint density at radius 3 is 2.62 bits per heavy atom. The van der Waals surface area contributed by atoms with Gasteiger partial charge in [0.25, 0.3) is 11.7 Å². The van der Waals surface area contributed by atoms with Gasteiger partial charge < -0.3 is 14.7 Å². The van der Waals surface area contributed by atoms with Crippen LogP contribution in [0.15, 0.2) is 72.6 Å². The van der Waals surface area contributed by atoms with Crippen molar-refractivity contribution in [3.8, 4) is 5.75 Å². The molecule has 1 N–H and O–H groups in total. The number of hydrogen-bond acceptors (Lipinski definition) is 5. The third-order valence-corrected chi connectivity index (χ3v) is 5.91. The van der Waals surface area contributed by atoms with E-state index in [-0.39, 0.29) is 23.7 Å². The van der Waals surface area contributed by atoms with Crippen molar-refractivity contribution in [1.82, 2.24) is 9.88 Å². The van der Waals surface area contributed by atoms with Gasteiger partial charge in [0.05, 0.1) is 23.2 Å². The predicted octanol–water partition coefficient (Wildman–Crippen LogP) is 4.94.